The van der Waals surface area contributed by atoms with Crippen LogP contribution in [0.4, 0.5) is 0 Å². The van der Waals surface area contributed by atoms with Crippen molar-refractivity contribution in [2.75, 3.05) is 33.5 Å². The molecule has 8 nitrogen and oxygen atoms in total. The minimum atomic E-state index is -0.493. The van der Waals surface area contributed by atoms with Gasteiger partial charge in [-0.3, -0.25) is 9.48 Å². The van der Waals surface area contributed by atoms with Gasteiger partial charge in [-0.05, 0) is 49.3 Å². The lowest BCUT2D eigenvalue weighted by Gasteiger charge is -2.36. The maximum atomic E-state index is 12.9. The average Bonchev–Trinajstić information content (AvgIpc) is 3.11. The molecule has 0 aliphatic carbocycles. The van der Waals surface area contributed by atoms with Crippen LogP contribution in [-0.4, -0.2) is 55.1 Å². The predicted octanol–water partition coefficient (Wildman–Crippen LogP) is 3.44. The van der Waals surface area contributed by atoms with E-state index in [9.17, 15) is 9.59 Å². The third kappa shape index (κ3) is 5.01. The maximum Gasteiger partial charge on any atom is 0.339 e. The number of hydrogen-bond acceptors (Lipinski definition) is 6. The summed E-state index contributed by atoms with van der Waals surface area (Å²) in [5.41, 5.74) is 2.77. The van der Waals surface area contributed by atoms with E-state index in [4.69, 9.17) is 30.9 Å². The van der Waals surface area contributed by atoms with Gasteiger partial charge >= 0.3 is 5.97 Å². The molecule has 1 amide bonds. The molecule has 1 spiro atoms. The van der Waals surface area contributed by atoms with Gasteiger partial charge in [0.05, 0.1) is 41.3 Å². The average molecular weight is 476 g/mol. The summed E-state index contributed by atoms with van der Waals surface area (Å²) in [6, 6.07) is 4.87. The number of aromatic nitrogens is 2. The first-order chi connectivity index (χ1) is 16.0. The van der Waals surface area contributed by atoms with Gasteiger partial charge in [0.2, 0.25) is 0 Å². The van der Waals surface area contributed by atoms with E-state index < -0.39 is 5.97 Å². The Morgan fingerprint density at radius 1 is 1.33 bits per heavy atom. The van der Waals surface area contributed by atoms with Crippen molar-refractivity contribution in [1.82, 2.24) is 15.1 Å². The number of methoxy groups -OCH3 is 1. The van der Waals surface area contributed by atoms with Crippen LogP contribution in [0.1, 0.15) is 58.3 Å². The number of carbonyl (C=O) groups is 2. The third-order valence-corrected chi connectivity index (χ3v) is 6.88. The summed E-state index contributed by atoms with van der Waals surface area (Å²) in [4.78, 5) is 25.4. The lowest BCUT2D eigenvalue weighted by molar-refractivity contribution is 0.0152. The Hall–Kier alpha value is -2.58. The normalized spacial score (nSPS) is 17.2. The van der Waals surface area contributed by atoms with Crippen LogP contribution >= 0.6 is 11.6 Å². The van der Waals surface area contributed by atoms with Crippen LogP contribution in [0.15, 0.2) is 18.2 Å². The van der Waals surface area contributed by atoms with E-state index in [0.29, 0.717) is 55.5 Å². The lowest BCUT2D eigenvalue weighted by atomic mass is 9.76. The van der Waals surface area contributed by atoms with E-state index >= 15 is 0 Å². The monoisotopic (exact) mass is 475 g/mol. The van der Waals surface area contributed by atoms with Crippen molar-refractivity contribution < 1.29 is 23.8 Å². The molecular weight excluding hydrogens is 446 g/mol. The summed E-state index contributed by atoms with van der Waals surface area (Å²) < 4.78 is 18.1. The van der Waals surface area contributed by atoms with Gasteiger partial charge in [0, 0.05) is 32.7 Å². The summed E-state index contributed by atoms with van der Waals surface area (Å²) in [5, 5.41) is 8.18. The van der Waals surface area contributed by atoms with Crippen LogP contribution in [-0.2, 0) is 28.9 Å². The lowest BCUT2D eigenvalue weighted by Crippen LogP contribution is -2.40. The molecule has 0 radical (unpaired) electrons. The number of benzene rings is 1. The van der Waals surface area contributed by atoms with Crippen molar-refractivity contribution in [2.24, 2.45) is 5.41 Å². The van der Waals surface area contributed by atoms with Gasteiger partial charge in [0.1, 0.15) is 5.75 Å². The molecule has 0 saturated carbocycles. The van der Waals surface area contributed by atoms with E-state index in [0.717, 1.165) is 30.7 Å². The molecule has 1 aromatic carbocycles. The van der Waals surface area contributed by atoms with Crippen molar-refractivity contribution in [3.05, 3.63) is 45.7 Å². The molecule has 1 saturated heterocycles. The number of nitrogens with one attached hydrogen (secondary N) is 1. The fraction of sp³-hybridized carbons (Fsp3) is 0.542. The smallest absolute Gasteiger partial charge is 0.339 e. The maximum absolute atomic E-state index is 12.9. The first-order valence-electron chi connectivity index (χ1n) is 11.4. The van der Waals surface area contributed by atoms with Gasteiger partial charge in [-0.25, -0.2) is 4.79 Å². The minimum absolute atomic E-state index is 0.00245. The highest BCUT2D eigenvalue weighted by atomic mass is 35.5. The van der Waals surface area contributed by atoms with Gasteiger partial charge < -0.3 is 19.5 Å². The summed E-state index contributed by atoms with van der Waals surface area (Å²) in [6.07, 6.45) is 3.87. The zero-order chi connectivity index (χ0) is 23.4. The number of aryl methyl sites for hydroxylation is 2. The molecule has 0 bridgehead atoms. The first-order valence-corrected chi connectivity index (χ1v) is 11.8. The van der Waals surface area contributed by atoms with Crippen LogP contribution in [0.25, 0.3) is 0 Å². The number of nitrogens with zero attached hydrogens (tertiary/aromatic N) is 2. The molecule has 1 N–H and O–H groups in total. The Balaban J connectivity index is 1.45. The highest BCUT2D eigenvalue weighted by Crippen LogP contribution is 2.37. The van der Waals surface area contributed by atoms with Crippen LogP contribution in [0.5, 0.6) is 5.75 Å². The van der Waals surface area contributed by atoms with Gasteiger partial charge in [0.25, 0.3) is 5.91 Å². The number of carbonyl (C=O) groups excluding carboxylic acids is 2. The minimum Gasteiger partial charge on any atom is -0.497 e. The summed E-state index contributed by atoms with van der Waals surface area (Å²) in [6.45, 7) is 4.86. The van der Waals surface area contributed by atoms with E-state index in [-0.39, 0.29) is 23.5 Å². The van der Waals surface area contributed by atoms with Crippen LogP contribution in [0, 0.1) is 5.41 Å². The van der Waals surface area contributed by atoms with Crippen LogP contribution < -0.4 is 10.1 Å². The molecule has 2 aliphatic heterocycles. The van der Waals surface area contributed by atoms with E-state index in [1.165, 1.54) is 7.11 Å². The number of rotatable bonds is 7. The second-order valence-electron chi connectivity index (χ2n) is 8.65. The van der Waals surface area contributed by atoms with Crippen LogP contribution in [0.3, 0.4) is 0 Å². The van der Waals surface area contributed by atoms with Gasteiger partial charge in [-0.1, -0.05) is 18.5 Å². The Morgan fingerprint density at radius 2 is 2.12 bits per heavy atom. The van der Waals surface area contributed by atoms with E-state index in [2.05, 4.69) is 5.32 Å². The van der Waals surface area contributed by atoms with Gasteiger partial charge in [0.15, 0.2) is 0 Å². The number of ether oxygens (including phenoxy) is 3. The van der Waals surface area contributed by atoms with Crippen LogP contribution in [0.2, 0.25) is 5.02 Å². The number of halogens is 1. The fourth-order valence-electron chi connectivity index (χ4n) is 4.60. The predicted molar refractivity (Wildman–Crippen MR) is 123 cm³/mol. The van der Waals surface area contributed by atoms with Gasteiger partial charge in [-0.15, -0.1) is 0 Å². The topological polar surface area (TPSA) is 91.7 Å². The van der Waals surface area contributed by atoms with Crippen molar-refractivity contribution in [1.29, 1.82) is 0 Å². The standard InChI is InChI=1S/C24H30ClN3O5/c1-3-19-21-20(14-24(15-26-22(21)29)7-11-32-12-8-24)28(27-19)9-4-10-33-23(30)17-13-16(31-2)5-6-18(17)25/h5-6,13H,3-4,7-12,14-15H2,1-2H3,(H,26,29). The largest absolute Gasteiger partial charge is 0.497 e. The van der Waals surface area contributed by atoms with Crippen molar-refractivity contribution in [2.45, 2.75) is 45.6 Å². The quantitative estimate of drug-likeness (QED) is 0.487. The number of esters is 1. The van der Waals surface area contributed by atoms with Crippen molar-refractivity contribution in [3.8, 4) is 5.75 Å². The second-order valence-corrected chi connectivity index (χ2v) is 9.06. The molecule has 0 atom stereocenters. The summed E-state index contributed by atoms with van der Waals surface area (Å²) >= 11 is 6.14. The fourth-order valence-corrected chi connectivity index (χ4v) is 4.80. The van der Waals surface area contributed by atoms with Crippen molar-refractivity contribution >= 4 is 23.5 Å². The third-order valence-electron chi connectivity index (χ3n) is 6.55. The Kier molecular flexibility index (Phi) is 7.24. The molecule has 33 heavy (non-hydrogen) atoms. The van der Waals surface area contributed by atoms with E-state index in [1.54, 1.807) is 18.2 Å². The SMILES string of the molecule is CCc1nn(CCCOC(=O)c2cc(OC)ccc2Cl)c2c1C(=O)NCC1(CCOCC1)C2. The van der Waals surface area contributed by atoms with E-state index in [1.807, 2.05) is 11.6 Å². The molecular formula is C24H30ClN3O5. The molecule has 9 heteroatoms. The molecule has 2 aromatic rings. The Morgan fingerprint density at radius 3 is 2.85 bits per heavy atom. The number of hydrogen-bond donors (Lipinski definition) is 1. The zero-order valence-electron chi connectivity index (χ0n) is 19.1. The summed E-state index contributed by atoms with van der Waals surface area (Å²) in [7, 11) is 1.53. The summed E-state index contributed by atoms with van der Waals surface area (Å²) in [5.74, 6) is 0.00142. The molecule has 3 heterocycles. The highest BCUT2D eigenvalue weighted by molar-refractivity contribution is 6.33. The molecule has 0 unspecified atom stereocenters. The molecule has 4 rings (SSSR count). The molecule has 2 aliphatic rings. The Labute approximate surface area is 198 Å². The number of fused-ring (bicyclic) bond motifs is 1. The van der Waals surface area contributed by atoms with Crippen molar-refractivity contribution in [3.63, 3.8) is 0 Å². The molecule has 1 aromatic heterocycles. The zero-order valence-corrected chi connectivity index (χ0v) is 19.9. The van der Waals surface area contributed by atoms with Gasteiger partial charge in [-0.2, -0.15) is 5.10 Å². The first kappa shape index (κ1) is 23.6. The molecule has 1 fully saturated rings. The highest BCUT2D eigenvalue weighted by Gasteiger charge is 2.39. The Bertz CT molecular complexity index is 1030. The second kappa shape index (κ2) is 10.1. The molecule has 178 valence electrons. The number of amides is 1.